The zero-order valence-corrected chi connectivity index (χ0v) is 7.79. The molecule has 1 unspecified atom stereocenters. The summed E-state index contributed by atoms with van der Waals surface area (Å²) in [5.74, 6) is 0.901. The van der Waals surface area contributed by atoms with Crippen LogP contribution in [0.25, 0.3) is 0 Å². The Kier molecular flexibility index (Phi) is 2.37. The van der Waals surface area contributed by atoms with E-state index in [0.717, 1.165) is 18.8 Å². The molecule has 12 heavy (non-hydrogen) atoms. The molecule has 2 saturated carbocycles. The summed E-state index contributed by atoms with van der Waals surface area (Å²) in [6, 6.07) is 1.02. The summed E-state index contributed by atoms with van der Waals surface area (Å²) in [4.78, 5) is 0. The van der Waals surface area contributed by atoms with Crippen molar-refractivity contribution in [2.75, 3.05) is 0 Å². The van der Waals surface area contributed by atoms with E-state index in [-0.39, 0.29) is 6.10 Å². The van der Waals surface area contributed by atoms with E-state index < -0.39 is 0 Å². The van der Waals surface area contributed by atoms with Gasteiger partial charge in [-0.15, -0.1) is 0 Å². The SMILES string of the molecule is CC(N[C@@H]1CCC[C@H]1O)C1CC1. The molecule has 0 spiro atoms. The number of aliphatic hydroxyl groups excluding tert-OH is 1. The minimum atomic E-state index is -0.0776. The largest absolute Gasteiger partial charge is 0.392 e. The molecule has 0 bridgehead atoms. The number of nitrogens with one attached hydrogen (secondary N) is 1. The Morgan fingerprint density at radius 3 is 2.50 bits per heavy atom. The highest BCUT2D eigenvalue weighted by Gasteiger charge is 2.32. The summed E-state index contributed by atoms with van der Waals surface area (Å²) in [6.07, 6.45) is 6.04. The van der Waals surface area contributed by atoms with Crippen LogP contribution in [0, 0.1) is 5.92 Å². The Balaban J connectivity index is 1.76. The van der Waals surface area contributed by atoms with Gasteiger partial charge in [0.15, 0.2) is 0 Å². The molecule has 2 nitrogen and oxygen atoms in total. The average molecular weight is 169 g/mol. The zero-order valence-electron chi connectivity index (χ0n) is 7.79. The molecule has 3 atom stereocenters. The van der Waals surface area contributed by atoms with Crippen LogP contribution in [0.15, 0.2) is 0 Å². The summed E-state index contributed by atoms with van der Waals surface area (Å²) in [5, 5.41) is 13.1. The third-order valence-electron chi connectivity index (χ3n) is 3.29. The molecule has 0 aromatic rings. The standard InChI is InChI=1S/C10H19NO/c1-7(8-5-6-8)11-9-3-2-4-10(9)12/h7-12H,2-6H2,1H3/t7?,9-,10-/m1/s1. The third-order valence-corrected chi connectivity index (χ3v) is 3.29. The molecule has 0 aliphatic heterocycles. The molecule has 2 aliphatic rings. The molecule has 0 radical (unpaired) electrons. The van der Waals surface area contributed by atoms with Crippen molar-refractivity contribution in [1.82, 2.24) is 5.32 Å². The van der Waals surface area contributed by atoms with E-state index in [1.807, 2.05) is 0 Å². The van der Waals surface area contributed by atoms with Crippen LogP contribution in [0.3, 0.4) is 0 Å². The van der Waals surface area contributed by atoms with E-state index in [0.29, 0.717) is 12.1 Å². The summed E-state index contributed by atoms with van der Waals surface area (Å²) in [6.45, 7) is 2.25. The first-order valence-corrected chi connectivity index (χ1v) is 5.21. The maximum atomic E-state index is 9.58. The van der Waals surface area contributed by atoms with Gasteiger partial charge in [0.05, 0.1) is 6.10 Å². The molecule has 0 amide bonds. The molecule has 2 N–H and O–H groups in total. The summed E-state index contributed by atoms with van der Waals surface area (Å²) in [5.41, 5.74) is 0. The predicted octanol–water partition coefficient (Wildman–Crippen LogP) is 1.29. The summed E-state index contributed by atoms with van der Waals surface area (Å²) < 4.78 is 0. The molecular weight excluding hydrogens is 150 g/mol. The first-order valence-electron chi connectivity index (χ1n) is 5.21. The lowest BCUT2D eigenvalue weighted by molar-refractivity contribution is 0.142. The number of rotatable bonds is 3. The second-order valence-corrected chi connectivity index (χ2v) is 4.40. The predicted molar refractivity (Wildman–Crippen MR) is 49.0 cm³/mol. The molecule has 0 aromatic carbocycles. The molecule has 0 saturated heterocycles. The molecule has 0 aromatic heterocycles. The molecule has 2 heteroatoms. The van der Waals surface area contributed by atoms with Crippen LogP contribution < -0.4 is 5.32 Å². The van der Waals surface area contributed by atoms with Crippen LogP contribution in [-0.4, -0.2) is 23.3 Å². The lowest BCUT2D eigenvalue weighted by atomic mass is 10.1. The van der Waals surface area contributed by atoms with Crippen molar-refractivity contribution < 1.29 is 5.11 Å². The fraction of sp³-hybridized carbons (Fsp3) is 1.00. The Bertz CT molecular complexity index is 156. The van der Waals surface area contributed by atoms with E-state index in [1.54, 1.807) is 0 Å². The van der Waals surface area contributed by atoms with Gasteiger partial charge in [-0.3, -0.25) is 0 Å². The Labute approximate surface area is 74.4 Å². The van der Waals surface area contributed by atoms with Crippen LogP contribution in [0.2, 0.25) is 0 Å². The molecule has 2 rings (SSSR count). The van der Waals surface area contributed by atoms with Crippen molar-refractivity contribution in [2.24, 2.45) is 5.92 Å². The molecule has 2 aliphatic carbocycles. The maximum Gasteiger partial charge on any atom is 0.0693 e. The highest BCUT2D eigenvalue weighted by molar-refractivity contribution is 4.90. The van der Waals surface area contributed by atoms with Gasteiger partial charge in [0.2, 0.25) is 0 Å². The van der Waals surface area contributed by atoms with Crippen molar-refractivity contribution in [1.29, 1.82) is 0 Å². The van der Waals surface area contributed by atoms with E-state index in [1.165, 1.54) is 19.3 Å². The molecule has 70 valence electrons. The highest BCUT2D eigenvalue weighted by Crippen LogP contribution is 2.33. The summed E-state index contributed by atoms with van der Waals surface area (Å²) >= 11 is 0. The Morgan fingerprint density at radius 1 is 1.25 bits per heavy atom. The summed E-state index contributed by atoms with van der Waals surface area (Å²) in [7, 11) is 0. The van der Waals surface area contributed by atoms with Crippen LogP contribution in [0.4, 0.5) is 0 Å². The lowest BCUT2D eigenvalue weighted by Crippen LogP contribution is -2.42. The van der Waals surface area contributed by atoms with E-state index >= 15 is 0 Å². The van der Waals surface area contributed by atoms with Crippen LogP contribution in [0.5, 0.6) is 0 Å². The third kappa shape index (κ3) is 1.80. The minimum absolute atomic E-state index is 0.0776. The van der Waals surface area contributed by atoms with Gasteiger partial charge in [-0.1, -0.05) is 0 Å². The molecule has 0 heterocycles. The van der Waals surface area contributed by atoms with Crippen molar-refractivity contribution in [3.63, 3.8) is 0 Å². The van der Waals surface area contributed by atoms with Gasteiger partial charge in [-0.2, -0.15) is 0 Å². The average Bonchev–Trinajstić information content (AvgIpc) is 2.80. The smallest absolute Gasteiger partial charge is 0.0693 e. The van der Waals surface area contributed by atoms with Gasteiger partial charge >= 0.3 is 0 Å². The maximum absolute atomic E-state index is 9.58. The Hall–Kier alpha value is -0.0800. The van der Waals surface area contributed by atoms with Gasteiger partial charge in [0.25, 0.3) is 0 Å². The van der Waals surface area contributed by atoms with Gasteiger partial charge in [0, 0.05) is 12.1 Å². The van der Waals surface area contributed by atoms with Crippen molar-refractivity contribution in [2.45, 2.75) is 57.2 Å². The highest BCUT2D eigenvalue weighted by atomic mass is 16.3. The van der Waals surface area contributed by atoms with Crippen LogP contribution in [0.1, 0.15) is 39.0 Å². The van der Waals surface area contributed by atoms with Gasteiger partial charge < -0.3 is 10.4 Å². The zero-order chi connectivity index (χ0) is 8.55. The Morgan fingerprint density at radius 2 is 2.00 bits per heavy atom. The van der Waals surface area contributed by atoms with Crippen molar-refractivity contribution >= 4 is 0 Å². The number of hydrogen-bond donors (Lipinski definition) is 2. The first-order chi connectivity index (χ1) is 5.77. The molecule has 2 fully saturated rings. The van der Waals surface area contributed by atoms with Gasteiger partial charge in [-0.25, -0.2) is 0 Å². The van der Waals surface area contributed by atoms with Crippen molar-refractivity contribution in [3.8, 4) is 0 Å². The molecular formula is C10H19NO. The monoisotopic (exact) mass is 169 g/mol. The van der Waals surface area contributed by atoms with Crippen LogP contribution in [-0.2, 0) is 0 Å². The van der Waals surface area contributed by atoms with Gasteiger partial charge in [0.1, 0.15) is 0 Å². The van der Waals surface area contributed by atoms with E-state index in [9.17, 15) is 5.11 Å². The van der Waals surface area contributed by atoms with Crippen molar-refractivity contribution in [3.05, 3.63) is 0 Å². The fourth-order valence-electron chi connectivity index (χ4n) is 2.20. The van der Waals surface area contributed by atoms with E-state index in [4.69, 9.17) is 0 Å². The topological polar surface area (TPSA) is 32.3 Å². The first kappa shape index (κ1) is 8.52. The van der Waals surface area contributed by atoms with Gasteiger partial charge in [-0.05, 0) is 44.9 Å². The fourth-order valence-corrected chi connectivity index (χ4v) is 2.20. The quantitative estimate of drug-likeness (QED) is 0.667. The number of aliphatic hydroxyl groups is 1. The minimum Gasteiger partial charge on any atom is -0.392 e. The second-order valence-electron chi connectivity index (χ2n) is 4.40. The van der Waals surface area contributed by atoms with Crippen LogP contribution >= 0.6 is 0 Å². The van der Waals surface area contributed by atoms with E-state index in [2.05, 4.69) is 12.2 Å². The normalized spacial score (nSPS) is 38.5. The lowest BCUT2D eigenvalue weighted by Gasteiger charge is -2.21. The number of hydrogen-bond acceptors (Lipinski definition) is 2. The second kappa shape index (κ2) is 3.35.